The Kier molecular flexibility index (Phi) is 5.27. The number of nitrogens with one attached hydrogen (secondary N) is 1. The van der Waals surface area contributed by atoms with Gasteiger partial charge in [0.05, 0.1) is 11.7 Å². The van der Waals surface area contributed by atoms with Crippen LogP contribution in [0.1, 0.15) is 24.1 Å². The van der Waals surface area contributed by atoms with Crippen LogP contribution in [0.15, 0.2) is 55.1 Å². The van der Waals surface area contributed by atoms with Gasteiger partial charge in [0.25, 0.3) is 0 Å². The van der Waals surface area contributed by atoms with Crippen LogP contribution in [-0.2, 0) is 0 Å². The van der Waals surface area contributed by atoms with Gasteiger partial charge in [-0.2, -0.15) is 5.10 Å². The van der Waals surface area contributed by atoms with Crippen LogP contribution < -0.4 is 5.32 Å². The number of halogens is 1. The zero-order valence-electron chi connectivity index (χ0n) is 14.8. The highest BCUT2D eigenvalue weighted by molar-refractivity contribution is 7.80. The van der Waals surface area contributed by atoms with E-state index in [0.717, 1.165) is 11.3 Å². The van der Waals surface area contributed by atoms with E-state index < -0.39 is 0 Å². The summed E-state index contributed by atoms with van der Waals surface area (Å²) in [4.78, 5) is 5.89. The molecule has 2 aromatic carbocycles. The van der Waals surface area contributed by atoms with Gasteiger partial charge in [0.2, 0.25) is 0 Å². The molecule has 0 aliphatic carbocycles. The van der Waals surface area contributed by atoms with Crippen molar-refractivity contribution in [2.75, 3.05) is 12.4 Å². The van der Waals surface area contributed by atoms with E-state index >= 15 is 0 Å². The lowest BCUT2D eigenvalue weighted by atomic mass is 10.1. The largest absolute Gasteiger partial charge is 0.345 e. The Balaban J connectivity index is 1.69. The smallest absolute Gasteiger partial charge is 0.173 e. The van der Waals surface area contributed by atoms with E-state index in [0.29, 0.717) is 16.4 Å². The van der Waals surface area contributed by atoms with Crippen molar-refractivity contribution < 1.29 is 4.39 Å². The standard InChI is InChI=1S/C19H20FN5S/c1-13-4-7-16(10-18(13)20)23-19(26)24(3)14(2)15-5-8-17(9-6-15)25-12-21-11-22-25/h4-12,14H,1-3H3,(H,23,26)/t14-/m0/s1. The van der Waals surface area contributed by atoms with E-state index in [1.54, 1.807) is 24.0 Å². The quantitative estimate of drug-likeness (QED) is 0.702. The van der Waals surface area contributed by atoms with Crippen molar-refractivity contribution in [2.45, 2.75) is 19.9 Å². The molecular weight excluding hydrogens is 349 g/mol. The van der Waals surface area contributed by atoms with Crippen LogP contribution in [0.25, 0.3) is 5.69 Å². The van der Waals surface area contributed by atoms with Crippen molar-refractivity contribution in [3.8, 4) is 5.69 Å². The molecule has 1 N–H and O–H groups in total. The molecule has 7 heteroatoms. The normalized spacial score (nSPS) is 11.8. The fourth-order valence-electron chi connectivity index (χ4n) is 2.53. The molecule has 0 saturated carbocycles. The number of benzene rings is 2. The van der Waals surface area contributed by atoms with Gasteiger partial charge in [-0.05, 0) is 61.5 Å². The Hall–Kier alpha value is -2.80. The van der Waals surface area contributed by atoms with E-state index in [4.69, 9.17) is 12.2 Å². The Morgan fingerprint density at radius 1 is 1.23 bits per heavy atom. The summed E-state index contributed by atoms with van der Waals surface area (Å²) in [5.41, 5.74) is 3.29. The number of nitrogens with zero attached hydrogens (tertiary/aromatic N) is 4. The van der Waals surface area contributed by atoms with Crippen LogP contribution in [0, 0.1) is 12.7 Å². The van der Waals surface area contributed by atoms with Crippen LogP contribution >= 0.6 is 12.2 Å². The van der Waals surface area contributed by atoms with Crippen molar-refractivity contribution in [3.05, 3.63) is 72.1 Å². The van der Waals surface area contributed by atoms with Gasteiger partial charge >= 0.3 is 0 Å². The predicted molar refractivity (Wildman–Crippen MR) is 105 cm³/mol. The summed E-state index contributed by atoms with van der Waals surface area (Å²) in [5, 5.41) is 7.74. The molecule has 0 fully saturated rings. The number of hydrogen-bond acceptors (Lipinski definition) is 3. The molecule has 1 aromatic heterocycles. The zero-order valence-corrected chi connectivity index (χ0v) is 15.7. The molecule has 1 atom stereocenters. The van der Waals surface area contributed by atoms with Gasteiger partial charge in [0, 0.05) is 12.7 Å². The van der Waals surface area contributed by atoms with Crippen LogP contribution in [0.2, 0.25) is 0 Å². The maximum absolute atomic E-state index is 13.7. The van der Waals surface area contributed by atoms with Gasteiger partial charge < -0.3 is 10.2 Å². The molecule has 0 radical (unpaired) electrons. The first-order chi connectivity index (χ1) is 12.5. The van der Waals surface area contributed by atoms with Gasteiger partial charge in [0.1, 0.15) is 18.5 Å². The highest BCUT2D eigenvalue weighted by Crippen LogP contribution is 2.22. The third kappa shape index (κ3) is 3.88. The average molecular weight is 369 g/mol. The van der Waals surface area contributed by atoms with Crippen molar-refractivity contribution in [1.29, 1.82) is 0 Å². The van der Waals surface area contributed by atoms with Crippen molar-refractivity contribution in [1.82, 2.24) is 19.7 Å². The molecule has 3 aromatic rings. The van der Waals surface area contributed by atoms with Crippen molar-refractivity contribution in [3.63, 3.8) is 0 Å². The minimum Gasteiger partial charge on any atom is -0.345 e. The lowest BCUT2D eigenvalue weighted by molar-refractivity contribution is 0.408. The number of hydrogen-bond donors (Lipinski definition) is 1. The summed E-state index contributed by atoms with van der Waals surface area (Å²) in [6.45, 7) is 3.79. The molecule has 0 saturated heterocycles. The molecule has 26 heavy (non-hydrogen) atoms. The Labute approximate surface area is 157 Å². The van der Waals surface area contributed by atoms with Crippen LogP contribution in [0.3, 0.4) is 0 Å². The summed E-state index contributed by atoms with van der Waals surface area (Å²) >= 11 is 5.47. The molecule has 3 rings (SSSR count). The van der Waals surface area contributed by atoms with Crippen LogP contribution in [-0.4, -0.2) is 31.8 Å². The number of rotatable bonds is 4. The Bertz CT molecular complexity index is 893. The second kappa shape index (κ2) is 7.61. The summed E-state index contributed by atoms with van der Waals surface area (Å²) in [7, 11) is 1.91. The van der Waals surface area contributed by atoms with E-state index in [2.05, 4.69) is 22.3 Å². The first-order valence-electron chi connectivity index (χ1n) is 8.20. The van der Waals surface area contributed by atoms with Crippen LogP contribution in [0.5, 0.6) is 0 Å². The van der Waals surface area contributed by atoms with Gasteiger partial charge in [-0.3, -0.25) is 0 Å². The molecule has 1 heterocycles. The average Bonchev–Trinajstić information content (AvgIpc) is 3.18. The van der Waals surface area contributed by atoms with Gasteiger partial charge in [-0.1, -0.05) is 18.2 Å². The fraction of sp³-hybridized carbons (Fsp3) is 0.211. The van der Waals surface area contributed by atoms with Gasteiger partial charge in [0.15, 0.2) is 5.11 Å². The molecular formula is C19H20FN5S. The van der Waals surface area contributed by atoms with E-state index in [1.807, 2.05) is 42.3 Å². The fourth-order valence-corrected chi connectivity index (χ4v) is 2.80. The molecule has 0 spiro atoms. The Morgan fingerprint density at radius 2 is 1.96 bits per heavy atom. The first kappa shape index (κ1) is 18.0. The van der Waals surface area contributed by atoms with Gasteiger partial charge in [-0.25, -0.2) is 14.1 Å². The summed E-state index contributed by atoms with van der Waals surface area (Å²) in [6.07, 6.45) is 3.16. The monoisotopic (exact) mass is 369 g/mol. The third-order valence-corrected chi connectivity index (χ3v) is 4.77. The van der Waals surface area contributed by atoms with E-state index in [-0.39, 0.29) is 11.9 Å². The maximum Gasteiger partial charge on any atom is 0.173 e. The number of anilines is 1. The molecule has 0 bridgehead atoms. The predicted octanol–water partition coefficient (Wildman–Crippen LogP) is 4.10. The number of aromatic nitrogens is 3. The summed E-state index contributed by atoms with van der Waals surface area (Å²) in [5.74, 6) is -0.253. The molecule has 0 unspecified atom stereocenters. The van der Waals surface area contributed by atoms with E-state index in [9.17, 15) is 4.39 Å². The first-order valence-corrected chi connectivity index (χ1v) is 8.61. The lowest BCUT2D eigenvalue weighted by Gasteiger charge is -2.28. The highest BCUT2D eigenvalue weighted by atomic mass is 32.1. The van der Waals surface area contributed by atoms with Crippen molar-refractivity contribution >= 4 is 23.0 Å². The SMILES string of the molecule is Cc1ccc(NC(=S)N(C)[C@@H](C)c2ccc(-n3cncn3)cc2)cc1F. The zero-order chi connectivity index (χ0) is 18.7. The minimum atomic E-state index is -0.253. The number of thiocarbonyl (C=S) groups is 1. The van der Waals surface area contributed by atoms with Crippen molar-refractivity contribution in [2.24, 2.45) is 0 Å². The molecule has 0 aliphatic rings. The second-order valence-electron chi connectivity index (χ2n) is 6.11. The second-order valence-corrected chi connectivity index (χ2v) is 6.50. The summed E-state index contributed by atoms with van der Waals surface area (Å²) in [6, 6.07) is 13.1. The topological polar surface area (TPSA) is 46.0 Å². The third-order valence-electron chi connectivity index (χ3n) is 4.38. The number of aryl methyl sites for hydroxylation is 1. The van der Waals surface area contributed by atoms with E-state index in [1.165, 1.54) is 12.4 Å². The van der Waals surface area contributed by atoms with Gasteiger partial charge in [-0.15, -0.1) is 0 Å². The lowest BCUT2D eigenvalue weighted by Crippen LogP contribution is -2.33. The Morgan fingerprint density at radius 3 is 2.58 bits per heavy atom. The molecule has 0 aliphatic heterocycles. The molecule has 5 nitrogen and oxygen atoms in total. The van der Waals surface area contributed by atoms with Crippen LogP contribution in [0.4, 0.5) is 10.1 Å². The molecule has 0 amide bonds. The highest BCUT2D eigenvalue weighted by Gasteiger charge is 2.15. The molecule has 134 valence electrons. The minimum absolute atomic E-state index is 0.0510. The maximum atomic E-state index is 13.7. The summed E-state index contributed by atoms with van der Waals surface area (Å²) < 4.78 is 15.4.